The van der Waals surface area contributed by atoms with Gasteiger partial charge in [-0.2, -0.15) is 0 Å². The zero-order valence-corrected chi connectivity index (χ0v) is 13.5. The maximum Gasteiger partial charge on any atom is 0.226 e. The number of aliphatic hydroxyl groups is 2. The molecule has 0 bridgehead atoms. The summed E-state index contributed by atoms with van der Waals surface area (Å²) in [6.45, 7) is 0.151. The summed E-state index contributed by atoms with van der Waals surface area (Å²) in [5.74, 6) is -2.15. The topological polar surface area (TPSA) is 60.8 Å². The molecule has 132 valence electrons. The Kier molecular flexibility index (Phi) is 4.88. The quantitative estimate of drug-likeness (QED) is 0.890. The van der Waals surface area contributed by atoms with Gasteiger partial charge in [0.25, 0.3) is 0 Å². The third kappa shape index (κ3) is 3.59. The molecule has 1 aromatic carbocycles. The maximum absolute atomic E-state index is 13.5. The van der Waals surface area contributed by atoms with Crippen LogP contribution in [0.5, 0.6) is 0 Å². The molecule has 1 heterocycles. The highest BCUT2D eigenvalue weighted by Crippen LogP contribution is 2.36. The average molecular weight is 339 g/mol. The maximum atomic E-state index is 13.5. The summed E-state index contributed by atoms with van der Waals surface area (Å²) >= 11 is 0. The van der Waals surface area contributed by atoms with Gasteiger partial charge < -0.3 is 15.1 Å². The highest BCUT2D eigenvalue weighted by Gasteiger charge is 2.39. The highest BCUT2D eigenvalue weighted by atomic mass is 19.2. The number of aliphatic hydroxyl groups excluding tert-OH is 1. The van der Waals surface area contributed by atoms with Gasteiger partial charge in [-0.1, -0.05) is 25.3 Å². The smallest absolute Gasteiger partial charge is 0.226 e. The minimum Gasteiger partial charge on any atom is -0.391 e. The fraction of sp³-hybridized carbons (Fsp3) is 0.611. The van der Waals surface area contributed by atoms with Gasteiger partial charge >= 0.3 is 0 Å². The van der Waals surface area contributed by atoms with E-state index in [0.717, 1.165) is 31.4 Å². The Morgan fingerprint density at radius 3 is 2.58 bits per heavy atom. The van der Waals surface area contributed by atoms with E-state index in [-0.39, 0.29) is 25.3 Å². The number of carbonyl (C=O) groups excluding carboxylic acids is 1. The first-order valence-electron chi connectivity index (χ1n) is 8.53. The molecule has 2 aliphatic rings. The molecule has 3 rings (SSSR count). The van der Waals surface area contributed by atoms with Gasteiger partial charge in [0.05, 0.1) is 24.2 Å². The normalized spacial score (nSPS) is 26.6. The van der Waals surface area contributed by atoms with Crippen LogP contribution >= 0.6 is 0 Å². The summed E-state index contributed by atoms with van der Waals surface area (Å²) < 4.78 is 26.7. The Labute approximate surface area is 140 Å². The van der Waals surface area contributed by atoms with Crippen LogP contribution in [0.1, 0.15) is 56.6 Å². The lowest BCUT2D eigenvalue weighted by Gasteiger charge is -2.34. The number of halogens is 2. The SMILES string of the molecule is O=C(CC1(O)CCCCC1)N1C[C@@H](O)C[C@@H]1c1ccc(F)c(F)c1. The van der Waals surface area contributed by atoms with Gasteiger partial charge in [-0.05, 0) is 37.0 Å². The van der Waals surface area contributed by atoms with Crippen molar-refractivity contribution in [1.29, 1.82) is 0 Å². The Hall–Kier alpha value is -1.53. The number of likely N-dealkylation sites (tertiary alicyclic amines) is 1. The van der Waals surface area contributed by atoms with Crippen LogP contribution in [0.4, 0.5) is 8.78 Å². The van der Waals surface area contributed by atoms with Crippen molar-refractivity contribution >= 4 is 5.91 Å². The molecule has 2 N–H and O–H groups in total. The van der Waals surface area contributed by atoms with E-state index < -0.39 is 29.4 Å². The molecular weight excluding hydrogens is 316 g/mol. The molecule has 1 saturated carbocycles. The fourth-order valence-electron chi connectivity index (χ4n) is 3.89. The fourth-order valence-corrected chi connectivity index (χ4v) is 3.89. The van der Waals surface area contributed by atoms with Crippen LogP contribution in [-0.2, 0) is 4.79 Å². The minimum atomic E-state index is -0.985. The van der Waals surface area contributed by atoms with E-state index in [4.69, 9.17) is 0 Å². The lowest BCUT2D eigenvalue weighted by atomic mass is 9.82. The van der Waals surface area contributed by atoms with Crippen molar-refractivity contribution in [2.75, 3.05) is 6.54 Å². The molecule has 2 atom stereocenters. The van der Waals surface area contributed by atoms with Crippen molar-refractivity contribution < 1.29 is 23.8 Å². The van der Waals surface area contributed by atoms with E-state index in [1.54, 1.807) is 0 Å². The first kappa shape index (κ1) is 17.3. The molecule has 0 radical (unpaired) electrons. The largest absolute Gasteiger partial charge is 0.391 e. The van der Waals surface area contributed by atoms with Crippen LogP contribution < -0.4 is 0 Å². The van der Waals surface area contributed by atoms with Gasteiger partial charge in [0, 0.05) is 6.54 Å². The molecule has 4 nitrogen and oxygen atoms in total. The van der Waals surface area contributed by atoms with Gasteiger partial charge in [-0.25, -0.2) is 8.78 Å². The van der Waals surface area contributed by atoms with Crippen molar-refractivity contribution in [2.24, 2.45) is 0 Å². The predicted octanol–water partition coefficient (Wildman–Crippen LogP) is 2.68. The molecule has 0 spiro atoms. The van der Waals surface area contributed by atoms with Crippen LogP contribution in [0.3, 0.4) is 0 Å². The summed E-state index contributed by atoms with van der Waals surface area (Å²) in [6, 6.07) is 3.06. The first-order valence-corrected chi connectivity index (χ1v) is 8.53. The van der Waals surface area contributed by atoms with Crippen molar-refractivity contribution in [1.82, 2.24) is 4.90 Å². The second-order valence-corrected chi connectivity index (χ2v) is 7.09. The van der Waals surface area contributed by atoms with Crippen molar-refractivity contribution in [3.63, 3.8) is 0 Å². The van der Waals surface area contributed by atoms with Crippen LogP contribution in [0.15, 0.2) is 18.2 Å². The second-order valence-electron chi connectivity index (χ2n) is 7.09. The number of β-amino-alcohol motifs (C(OH)–C–C–N with tert-alkyl or cyclic N) is 1. The number of hydrogen-bond donors (Lipinski definition) is 2. The van der Waals surface area contributed by atoms with Gasteiger partial charge in [-0.3, -0.25) is 4.79 Å². The van der Waals surface area contributed by atoms with E-state index in [0.29, 0.717) is 18.4 Å². The summed E-state index contributed by atoms with van der Waals surface area (Å²) in [6.07, 6.45) is 3.67. The van der Waals surface area contributed by atoms with Crippen molar-refractivity contribution in [2.45, 2.75) is 62.7 Å². The molecule has 1 saturated heterocycles. The highest BCUT2D eigenvalue weighted by molar-refractivity contribution is 5.78. The molecule has 6 heteroatoms. The molecule has 1 aliphatic heterocycles. The number of hydrogen-bond acceptors (Lipinski definition) is 3. The van der Waals surface area contributed by atoms with E-state index in [1.165, 1.54) is 11.0 Å². The Morgan fingerprint density at radius 2 is 1.92 bits per heavy atom. The monoisotopic (exact) mass is 339 g/mol. The number of nitrogens with zero attached hydrogens (tertiary/aromatic N) is 1. The lowest BCUT2D eigenvalue weighted by Crippen LogP contribution is -2.40. The molecule has 0 unspecified atom stereocenters. The van der Waals surface area contributed by atoms with Gasteiger partial charge in [0.1, 0.15) is 0 Å². The summed E-state index contributed by atoms with van der Waals surface area (Å²) in [7, 11) is 0. The Bertz CT molecular complexity index is 616. The summed E-state index contributed by atoms with van der Waals surface area (Å²) in [4.78, 5) is 14.2. The van der Waals surface area contributed by atoms with Crippen LogP contribution in [0.25, 0.3) is 0 Å². The van der Waals surface area contributed by atoms with E-state index in [1.807, 2.05) is 0 Å². The van der Waals surface area contributed by atoms with E-state index >= 15 is 0 Å². The van der Waals surface area contributed by atoms with Crippen LogP contribution in [0.2, 0.25) is 0 Å². The molecule has 2 fully saturated rings. The van der Waals surface area contributed by atoms with E-state index in [9.17, 15) is 23.8 Å². The van der Waals surface area contributed by atoms with Crippen molar-refractivity contribution in [3.8, 4) is 0 Å². The van der Waals surface area contributed by atoms with Crippen LogP contribution in [0, 0.1) is 11.6 Å². The van der Waals surface area contributed by atoms with Gasteiger partial charge in [0.2, 0.25) is 5.91 Å². The third-order valence-corrected chi connectivity index (χ3v) is 5.19. The lowest BCUT2D eigenvalue weighted by molar-refractivity contribution is -0.139. The summed E-state index contributed by atoms with van der Waals surface area (Å²) in [5, 5.41) is 20.5. The molecule has 0 aromatic heterocycles. The standard InChI is InChI=1S/C18H23F2NO3/c19-14-5-4-12(8-15(14)20)16-9-13(22)11-21(16)17(23)10-18(24)6-2-1-3-7-18/h4-5,8,13,16,22,24H,1-3,6-7,9-11H2/t13-,16+/m0/s1. The second kappa shape index (κ2) is 6.76. The molecule has 1 amide bonds. The predicted molar refractivity (Wildman–Crippen MR) is 84.1 cm³/mol. The molecule has 1 aromatic rings. The molecular formula is C18H23F2NO3. The third-order valence-electron chi connectivity index (χ3n) is 5.19. The Balaban J connectivity index is 1.77. The Morgan fingerprint density at radius 1 is 1.21 bits per heavy atom. The number of carbonyl (C=O) groups is 1. The molecule has 1 aliphatic carbocycles. The zero-order chi connectivity index (χ0) is 17.3. The number of rotatable bonds is 3. The number of amides is 1. The van der Waals surface area contributed by atoms with Gasteiger partial charge in [0.15, 0.2) is 11.6 Å². The van der Waals surface area contributed by atoms with Crippen molar-refractivity contribution in [3.05, 3.63) is 35.4 Å². The number of benzene rings is 1. The minimum absolute atomic E-state index is 0.0138. The first-order chi connectivity index (χ1) is 11.4. The zero-order valence-electron chi connectivity index (χ0n) is 13.5. The van der Waals surface area contributed by atoms with Crippen LogP contribution in [-0.4, -0.2) is 39.3 Å². The average Bonchev–Trinajstić information content (AvgIpc) is 2.92. The summed E-state index contributed by atoms with van der Waals surface area (Å²) in [5.41, 5.74) is -0.518. The molecule has 24 heavy (non-hydrogen) atoms. The van der Waals surface area contributed by atoms with E-state index in [2.05, 4.69) is 0 Å². The van der Waals surface area contributed by atoms with Gasteiger partial charge in [-0.15, -0.1) is 0 Å².